The van der Waals surface area contributed by atoms with Crippen molar-refractivity contribution in [1.29, 1.82) is 0 Å². The van der Waals surface area contributed by atoms with Gasteiger partial charge in [-0.15, -0.1) is 0 Å². The molecule has 4 nitrogen and oxygen atoms in total. The summed E-state index contributed by atoms with van der Waals surface area (Å²) in [4.78, 5) is 4.73. The molecule has 3 N–H and O–H groups in total. The third-order valence-corrected chi connectivity index (χ3v) is 4.03. The monoisotopic (exact) mass is 283 g/mol. The molecule has 0 radical (unpaired) electrons. The molecule has 0 aromatic carbocycles. The summed E-state index contributed by atoms with van der Waals surface area (Å²) < 4.78 is 0. The van der Waals surface area contributed by atoms with Crippen LogP contribution < -0.4 is 10.6 Å². The van der Waals surface area contributed by atoms with Gasteiger partial charge in [-0.05, 0) is 38.5 Å². The molecule has 1 atom stereocenters. The summed E-state index contributed by atoms with van der Waals surface area (Å²) in [6.45, 7) is 6.29. The van der Waals surface area contributed by atoms with Gasteiger partial charge in [0, 0.05) is 25.7 Å². The van der Waals surface area contributed by atoms with Crippen molar-refractivity contribution in [3.63, 3.8) is 0 Å². The topological polar surface area (TPSA) is 56.7 Å². The van der Waals surface area contributed by atoms with Crippen molar-refractivity contribution in [3.8, 4) is 0 Å². The minimum absolute atomic E-state index is 0.271. The molecule has 1 aliphatic carbocycles. The van der Waals surface area contributed by atoms with Gasteiger partial charge in [0.1, 0.15) is 0 Å². The summed E-state index contributed by atoms with van der Waals surface area (Å²) in [5.74, 6) is 1.46. The van der Waals surface area contributed by atoms with E-state index in [2.05, 4.69) is 24.5 Å². The van der Waals surface area contributed by atoms with Crippen molar-refractivity contribution in [2.75, 3.05) is 19.7 Å². The summed E-state index contributed by atoms with van der Waals surface area (Å²) in [5, 5.41) is 16.0. The Kier molecular flexibility index (Phi) is 9.46. The fraction of sp³-hybridized carbons (Fsp3) is 0.938. The number of aliphatic hydroxyl groups excluding tert-OH is 1. The Bertz CT molecular complexity index is 256. The lowest BCUT2D eigenvalue weighted by Crippen LogP contribution is -2.44. The second-order valence-electron chi connectivity index (χ2n) is 5.87. The summed E-state index contributed by atoms with van der Waals surface area (Å²) in [5.41, 5.74) is 0. The second kappa shape index (κ2) is 11.0. The van der Waals surface area contributed by atoms with Gasteiger partial charge in [-0.3, -0.25) is 4.99 Å². The third kappa shape index (κ3) is 7.13. The zero-order chi connectivity index (χ0) is 14.6. The van der Waals surface area contributed by atoms with E-state index in [1.807, 2.05) is 0 Å². The number of aliphatic imine (C=N–C) groups is 1. The molecule has 0 amide bonds. The smallest absolute Gasteiger partial charge is 0.191 e. The van der Waals surface area contributed by atoms with E-state index in [0.717, 1.165) is 38.3 Å². The van der Waals surface area contributed by atoms with Crippen LogP contribution >= 0.6 is 0 Å². The fourth-order valence-electron chi connectivity index (χ4n) is 2.90. The highest BCUT2D eigenvalue weighted by molar-refractivity contribution is 5.80. The largest absolute Gasteiger partial charge is 0.396 e. The number of nitrogens with one attached hydrogen (secondary N) is 2. The molecule has 1 rings (SSSR count). The number of aliphatic hydroxyl groups is 1. The van der Waals surface area contributed by atoms with Crippen molar-refractivity contribution < 1.29 is 5.11 Å². The zero-order valence-electron chi connectivity index (χ0n) is 13.3. The third-order valence-electron chi connectivity index (χ3n) is 4.03. The van der Waals surface area contributed by atoms with Crippen LogP contribution in [0.15, 0.2) is 4.99 Å². The van der Waals surface area contributed by atoms with Crippen molar-refractivity contribution >= 4 is 5.96 Å². The maximum Gasteiger partial charge on any atom is 0.191 e. The SMILES string of the molecule is CCCC(CCO)CN=C(NCC)NC1CCCCC1. The van der Waals surface area contributed by atoms with Crippen LogP contribution in [0.5, 0.6) is 0 Å². The van der Waals surface area contributed by atoms with E-state index in [4.69, 9.17) is 10.1 Å². The Balaban J connectivity index is 2.46. The lowest BCUT2D eigenvalue weighted by molar-refractivity contribution is 0.253. The molecule has 0 aliphatic heterocycles. The number of nitrogens with zero attached hydrogens (tertiary/aromatic N) is 1. The second-order valence-corrected chi connectivity index (χ2v) is 5.87. The van der Waals surface area contributed by atoms with Crippen LogP contribution in [0.4, 0.5) is 0 Å². The number of hydrogen-bond donors (Lipinski definition) is 3. The Morgan fingerprint density at radius 3 is 2.55 bits per heavy atom. The van der Waals surface area contributed by atoms with E-state index in [1.165, 1.54) is 32.1 Å². The van der Waals surface area contributed by atoms with E-state index < -0.39 is 0 Å². The van der Waals surface area contributed by atoms with Gasteiger partial charge < -0.3 is 15.7 Å². The Hall–Kier alpha value is -0.770. The molecule has 1 saturated carbocycles. The molecule has 4 heteroatoms. The minimum atomic E-state index is 0.271. The van der Waals surface area contributed by atoms with Crippen molar-refractivity contribution in [3.05, 3.63) is 0 Å². The molecule has 1 aliphatic rings. The first kappa shape index (κ1) is 17.3. The summed E-state index contributed by atoms with van der Waals surface area (Å²) in [6, 6.07) is 0.587. The summed E-state index contributed by atoms with van der Waals surface area (Å²) in [6.07, 6.45) is 9.74. The number of guanidine groups is 1. The van der Waals surface area contributed by atoms with Gasteiger partial charge in [-0.2, -0.15) is 0 Å². The first-order valence-corrected chi connectivity index (χ1v) is 8.45. The molecular formula is C16H33N3O. The van der Waals surface area contributed by atoms with E-state index in [-0.39, 0.29) is 6.61 Å². The lowest BCUT2D eigenvalue weighted by atomic mass is 9.96. The van der Waals surface area contributed by atoms with Gasteiger partial charge in [0.2, 0.25) is 0 Å². The van der Waals surface area contributed by atoms with E-state index >= 15 is 0 Å². The number of hydrogen-bond acceptors (Lipinski definition) is 2. The fourth-order valence-corrected chi connectivity index (χ4v) is 2.90. The maximum absolute atomic E-state index is 9.11. The zero-order valence-corrected chi connectivity index (χ0v) is 13.3. The molecular weight excluding hydrogens is 250 g/mol. The average molecular weight is 283 g/mol. The van der Waals surface area contributed by atoms with Crippen LogP contribution in [0.3, 0.4) is 0 Å². The Morgan fingerprint density at radius 2 is 1.95 bits per heavy atom. The van der Waals surface area contributed by atoms with Gasteiger partial charge in [-0.25, -0.2) is 0 Å². The van der Waals surface area contributed by atoms with Gasteiger partial charge >= 0.3 is 0 Å². The average Bonchev–Trinajstić information content (AvgIpc) is 2.46. The first-order chi connectivity index (χ1) is 9.80. The minimum Gasteiger partial charge on any atom is -0.396 e. The van der Waals surface area contributed by atoms with Crippen LogP contribution in [-0.2, 0) is 0 Å². The predicted molar refractivity (Wildman–Crippen MR) is 86.1 cm³/mol. The van der Waals surface area contributed by atoms with Crippen molar-refractivity contribution in [1.82, 2.24) is 10.6 Å². The highest BCUT2D eigenvalue weighted by atomic mass is 16.3. The highest BCUT2D eigenvalue weighted by Gasteiger charge is 2.14. The van der Waals surface area contributed by atoms with Gasteiger partial charge in [0.25, 0.3) is 0 Å². The quantitative estimate of drug-likeness (QED) is 0.474. The molecule has 0 aromatic heterocycles. The van der Waals surface area contributed by atoms with Crippen molar-refractivity contribution in [2.45, 2.75) is 71.3 Å². The molecule has 0 spiro atoms. The van der Waals surface area contributed by atoms with Crippen LogP contribution in [0, 0.1) is 5.92 Å². The number of rotatable bonds is 8. The maximum atomic E-state index is 9.11. The summed E-state index contributed by atoms with van der Waals surface area (Å²) in [7, 11) is 0. The Labute approximate surface area is 124 Å². The summed E-state index contributed by atoms with van der Waals surface area (Å²) >= 11 is 0. The predicted octanol–water partition coefficient (Wildman–Crippen LogP) is 2.67. The van der Waals surface area contributed by atoms with Gasteiger partial charge in [-0.1, -0.05) is 32.6 Å². The molecule has 0 aromatic rings. The van der Waals surface area contributed by atoms with Crippen LogP contribution in [0.2, 0.25) is 0 Å². The highest BCUT2D eigenvalue weighted by Crippen LogP contribution is 2.17. The van der Waals surface area contributed by atoms with Crippen LogP contribution in [0.25, 0.3) is 0 Å². The van der Waals surface area contributed by atoms with E-state index in [0.29, 0.717) is 12.0 Å². The molecule has 0 saturated heterocycles. The van der Waals surface area contributed by atoms with Gasteiger partial charge in [0.15, 0.2) is 5.96 Å². The van der Waals surface area contributed by atoms with E-state index in [1.54, 1.807) is 0 Å². The molecule has 1 unspecified atom stereocenters. The molecule has 0 heterocycles. The molecule has 118 valence electrons. The van der Waals surface area contributed by atoms with Crippen LogP contribution in [-0.4, -0.2) is 36.8 Å². The van der Waals surface area contributed by atoms with Gasteiger partial charge in [0.05, 0.1) is 0 Å². The molecule has 20 heavy (non-hydrogen) atoms. The molecule has 1 fully saturated rings. The normalized spacial score (nSPS) is 18.9. The Morgan fingerprint density at radius 1 is 1.20 bits per heavy atom. The molecule has 0 bridgehead atoms. The van der Waals surface area contributed by atoms with Crippen LogP contribution in [0.1, 0.15) is 65.2 Å². The van der Waals surface area contributed by atoms with Crippen molar-refractivity contribution in [2.24, 2.45) is 10.9 Å². The lowest BCUT2D eigenvalue weighted by Gasteiger charge is -2.25. The standard InChI is InChI=1S/C16H33N3O/c1-3-8-14(11-12-20)13-18-16(17-4-2)19-15-9-6-5-7-10-15/h14-15,20H,3-13H2,1-2H3,(H2,17,18,19). The van der Waals surface area contributed by atoms with E-state index in [9.17, 15) is 0 Å². The first-order valence-electron chi connectivity index (χ1n) is 8.45.